The molecule has 0 aliphatic heterocycles. The highest BCUT2D eigenvalue weighted by atomic mass is 16.2. The molecule has 2 rings (SSSR count). The van der Waals surface area contributed by atoms with Crippen LogP contribution in [0.15, 0.2) is 30.3 Å². The summed E-state index contributed by atoms with van der Waals surface area (Å²) in [4.78, 5) is 14.0. The number of carbonyl (C=O) groups is 1. The van der Waals surface area contributed by atoms with Crippen molar-refractivity contribution in [2.45, 2.75) is 6.04 Å². The number of nitrogens with zero attached hydrogens (tertiary/aromatic N) is 4. The second kappa shape index (κ2) is 6.05. The molecule has 100 valence electrons. The van der Waals surface area contributed by atoms with E-state index in [4.69, 9.17) is 0 Å². The summed E-state index contributed by atoms with van der Waals surface area (Å²) >= 11 is 0. The Hall–Kier alpha value is -2.28. The van der Waals surface area contributed by atoms with Crippen molar-refractivity contribution in [3.05, 3.63) is 41.7 Å². The average molecular weight is 260 g/mol. The number of rotatable bonds is 5. The van der Waals surface area contributed by atoms with Crippen molar-refractivity contribution in [1.82, 2.24) is 30.8 Å². The lowest BCUT2D eigenvalue weighted by Crippen LogP contribution is -2.35. The molecule has 7 nitrogen and oxygen atoms in total. The van der Waals surface area contributed by atoms with E-state index in [-0.39, 0.29) is 17.8 Å². The second-order valence-electron chi connectivity index (χ2n) is 4.43. The number of nitrogens with one attached hydrogen (secondary N) is 2. The van der Waals surface area contributed by atoms with Crippen LogP contribution in [0.3, 0.4) is 0 Å². The molecule has 0 radical (unpaired) electrons. The van der Waals surface area contributed by atoms with Crippen LogP contribution in [0.5, 0.6) is 0 Å². The lowest BCUT2D eigenvalue weighted by molar-refractivity contribution is 0.0919. The molecule has 19 heavy (non-hydrogen) atoms. The zero-order chi connectivity index (χ0) is 13.7. The number of H-pyrrole nitrogens is 1. The fourth-order valence-corrected chi connectivity index (χ4v) is 1.77. The summed E-state index contributed by atoms with van der Waals surface area (Å²) < 4.78 is 0. The summed E-state index contributed by atoms with van der Waals surface area (Å²) in [7, 11) is 3.91. The summed E-state index contributed by atoms with van der Waals surface area (Å²) in [6.45, 7) is 0.688. The highest BCUT2D eigenvalue weighted by Gasteiger charge is 2.18. The van der Waals surface area contributed by atoms with E-state index in [1.54, 1.807) is 0 Å². The average Bonchev–Trinajstić information content (AvgIpc) is 2.92. The van der Waals surface area contributed by atoms with E-state index in [0.717, 1.165) is 5.56 Å². The molecule has 0 aliphatic rings. The Morgan fingerprint density at radius 3 is 2.68 bits per heavy atom. The molecule has 0 bridgehead atoms. The Kier molecular flexibility index (Phi) is 4.19. The van der Waals surface area contributed by atoms with Gasteiger partial charge in [-0.3, -0.25) is 4.79 Å². The number of likely N-dealkylation sites (N-methyl/N-ethyl adjacent to an activating group) is 1. The monoisotopic (exact) mass is 260 g/mol. The van der Waals surface area contributed by atoms with Crippen molar-refractivity contribution >= 4 is 5.91 Å². The third kappa shape index (κ3) is 3.59. The van der Waals surface area contributed by atoms with Gasteiger partial charge in [0.25, 0.3) is 11.7 Å². The van der Waals surface area contributed by atoms with E-state index in [0.29, 0.717) is 6.54 Å². The quantitative estimate of drug-likeness (QED) is 0.803. The zero-order valence-electron chi connectivity index (χ0n) is 10.9. The van der Waals surface area contributed by atoms with E-state index in [9.17, 15) is 4.79 Å². The van der Waals surface area contributed by atoms with Crippen LogP contribution < -0.4 is 5.32 Å². The summed E-state index contributed by atoms with van der Waals surface area (Å²) in [5.74, 6) is -0.302. The Labute approximate surface area is 111 Å². The van der Waals surface area contributed by atoms with Crippen LogP contribution in [0, 0.1) is 0 Å². The Morgan fingerprint density at radius 1 is 1.37 bits per heavy atom. The fraction of sp³-hybridized carbons (Fsp3) is 0.333. The Morgan fingerprint density at radius 2 is 2.11 bits per heavy atom. The Balaban J connectivity index is 2.13. The molecule has 1 unspecified atom stereocenters. The van der Waals surface area contributed by atoms with Crippen molar-refractivity contribution in [3.8, 4) is 0 Å². The number of tetrazole rings is 1. The minimum Gasteiger partial charge on any atom is -0.341 e. The van der Waals surface area contributed by atoms with Gasteiger partial charge in [0.2, 0.25) is 0 Å². The minimum atomic E-state index is -0.343. The van der Waals surface area contributed by atoms with Crippen molar-refractivity contribution in [2.24, 2.45) is 0 Å². The van der Waals surface area contributed by atoms with Gasteiger partial charge in [0.1, 0.15) is 0 Å². The number of aromatic amines is 1. The van der Waals surface area contributed by atoms with Crippen LogP contribution in [0.1, 0.15) is 22.2 Å². The SMILES string of the molecule is CN(C)CC(NC(=O)c1nn[nH]n1)c1ccccc1. The third-order valence-electron chi connectivity index (χ3n) is 2.60. The molecular weight excluding hydrogens is 244 g/mol. The van der Waals surface area contributed by atoms with Crippen LogP contribution in [-0.4, -0.2) is 52.1 Å². The molecule has 7 heteroatoms. The van der Waals surface area contributed by atoms with Gasteiger partial charge in [-0.2, -0.15) is 5.21 Å². The number of carbonyl (C=O) groups excluding carboxylic acids is 1. The first-order valence-electron chi connectivity index (χ1n) is 5.91. The smallest absolute Gasteiger partial charge is 0.293 e. The first-order chi connectivity index (χ1) is 9.16. The molecule has 1 amide bonds. The highest BCUT2D eigenvalue weighted by molar-refractivity contribution is 5.90. The maximum absolute atomic E-state index is 12.0. The normalized spacial score (nSPS) is 12.4. The van der Waals surface area contributed by atoms with Crippen LogP contribution in [0.25, 0.3) is 0 Å². The molecule has 1 heterocycles. The highest BCUT2D eigenvalue weighted by Crippen LogP contribution is 2.13. The maximum atomic E-state index is 12.0. The lowest BCUT2D eigenvalue weighted by Gasteiger charge is -2.22. The second-order valence-corrected chi connectivity index (χ2v) is 4.43. The molecule has 0 saturated carbocycles. The summed E-state index contributed by atoms with van der Waals surface area (Å²) in [6.07, 6.45) is 0. The van der Waals surface area contributed by atoms with Crippen molar-refractivity contribution < 1.29 is 4.79 Å². The van der Waals surface area contributed by atoms with E-state index in [1.165, 1.54) is 0 Å². The van der Waals surface area contributed by atoms with Gasteiger partial charge >= 0.3 is 0 Å². The van der Waals surface area contributed by atoms with Crippen LogP contribution in [-0.2, 0) is 0 Å². The number of amides is 1. The predicted molar refractivity (Wildman–Crippen MR) is 69.4 cm³/mol. The van der Waals surface area contributed by atoms with Gasteiger partial charge in [0.05, 0.1) is 6.04 Å². The minimum absolute atomic E-state index is 0.0414. The number of hydrogen-bond acceptors (Lipinski definition) is 5. The van der Waals surface area contributed by atoms with Crippen LogP contribution >= 0.6 is 0 Å². The van der Waals surface area contributed by atoms with Gasteiger partial charge in [-0.1, -0.05) is 30.3 Å². The lowest BCUT2D eigenvalue weighted by atomic mass is 10.1. The van der Waals surface area contributed by atoms with E-state index >= 15 is 0 Å². The number of aromatic nitrogens is 4. The first kappa shape index (κ1) is 13.2. The maximum Gasteiger partial charge on any atom is 0.293 e. The first-order valence-corrected chi connectivity index (χ1v) is 5.91. The van der Waals surface area contributed by atoms with Crippen molar-refractivity contribution in [1.29, 1.82) is 0 Å². The molecule has 0 saturated heterocycles. The van der Waals surface area contributed by atoms with E-state index in [1.807, 2.05) is 49.3 Å². The predicted octanol–water partition coefficient (Wildman–Crippen LogP) is 0.232. The molecule has 1 aromatic carbocycles. The van der Waals surface area contributed by atoms with Crippen molar-refractivity contribution in [2.75, 3.05) is 20.6 Å². The van der Waals surface area contributed by atoms with E-state index < -0.39 is 0 Å². The van der Waals surface area contributed by atoms with Gasteiger partial charge in [-0.25, -0.2) is 0 Å². The van der Waals surface area contributed by atoms with Gasteiger partial charge < -0.3 is 10.2 Å². The van der Waals surface area contributed by atoms with E-state index in [2.05, 4.69) is 25.9 Å². The molecule has 1 atom stereocenters. The van der Waals surface area contributed by atoms with Gasteiger partial charge in [-0.15, -0.1) is 10.2 Å². The summed E-state index contributed by atoms with van der Waals surface area (Å²) in [5.41, 5.74) is 1.04. The molecule has 0 fully saturated rings. The molecule has 0 spiro atoms. The van der Waals surface area contributed by atoms with Crippen LogP contribution in [0.4, 0.5) is 0 Å². The standard InChI is InChI=1S/C12H16N6O/c1-18(2)8-10(9-6-4-3-5-7-9)13-12(19)11-14-16-17-15-11/h3-7,10H,8H2,1-2H3,(H,13,19)(H,14,15,16,17). The van der Waals surface area contributed by atoms with Crippen molar-refractivity contribution in [3.63, 3.8) is 0 Å². The molecule has 2 N–H and O–H groups in total. The Bertz CT molecular complexity index is 510. The number of benzene rings is 1. The van der Waals surface area contributed by atoms with Gasteiger partial charge in [0, 0.05) is 6.54 Å². The molecule has 1 aromatic heterocycles. The largest absolute Gasteiger partial charge is 0.341 e. The zero-order valence-corrected chi connectivity index (χ0v) is 10.9. The van der Waals surface area contributed by atoms with Crippen LogP contribution in [0.2, 0.25) is 0 Å². The fourth-order valence-electron chi connectivity index (χ4n) is 1.77. The summed E-state index contributed by atoms with van der Waals surface area (Å²) in [5, 5.41) is 15.9. The molecule has 2 aromatic rings. The summed E-state index contributed by atoms with van der Waals surface area (Å²) in [6, 6.07) is 9.66. The van der Waals surface area contributed by atoms with Gasteiger partial charge in [-0.05, 0) is 24.9 Å². The topological polar surface area (TPSA) is 86.8 Å². The molecular formula is C12H16N6O. The molecule has 0 aliphatic carbocycles. The third-order valence-corrected chi connectivity index (χ3v) is 2.60. The van der Waals surface area contributed by atoms with Gasteiger partial charge in [0.15, 0.2) is 0 Å². The number of hydrogen-bond donors (Lipinski definition) is 2.